The summed E-state index contributed by atoms with van der Waals surface area (Å²) in [6.07, 6.45) is 2.64. The number of hydrogen-bond acceptors (Lipinski definition) is 3. The molecule has 0 aliphatic carbocycles. The number of rotatable bonds is 3. The molecule has 0 aromatic heterocycles. The van der Waals surface area contributed by atoms with Crippen molar-refractivity contribution in [3.05, 3.63) is 33.4 Å². The first kappa shape index (κ1) is 14.3. The molecule has 1 aromatic carbocycles. The normalized spacial score (nSPS) is 26.2. The number of carbonyl (C=O) groups excluding carboxylic acids is 1. The molecule has 0 radical (unpaired) electrons. The summed E-state index contributed by atoms with van der Waals surface area (Å²) in [6, 6.07) is 8.24. The number of benzene rings is 1. The lowest BCUT2D eigenvalue weighted by Crippen LogP contribution is -2.50. The number of amides is 1. The molecule has 2 fully saturated rings. The van der Waals surface area contributed by atoms with Crippen LogP contribution in [0.1, 0.15) is 23.2 Å². The number of ether oxygens (including phenoxy) is 1. The van der Waals surface area contributed by atoms with Gasteiger partial charge in [0.25, 0.3) is 5.91 Å². The molecule has 2 unspecified atom stereocenters. The van der Waals surface area contributed by atoms with Crippen LogP contribution in [0.25, 0.3) is 0 Å². The van der Waals surface area contributed by atoms with E-state index in [9.17, 15) is 4.79 Å². The Bertz CT molecular complexity index is 495. The maximum absolute atomic E-state index is 12.2. The molecular formula is C15H19IN2O2. The summed E-state index contributed by atoms with van der Waals surface area (Å²) in [4.78, 5) is 14.6. The molecule has 2 heterocycles. The van der Waals surface area contributed by atoms with E-state index in [1.54, 1.807) is 0 Å². The molecule has 2 saturated heterocycles. The zero-order valence-corrected chi connectivity index (χ0v) is 13.5. The van der Waals surface area contributed by atoms with Gasteiger partial charge < -0.3 is 10.1 Å². The number of morpholine rings is 1. The molecule has 5 heteroatoms. The van der Waals surface area contributed by atoms with Gasteiger partial charge in [-0.3, -0.25) is 9.69 Å². The number of hydrogen-bond donors (Lipinski definition) is 1. The fraction of sp³-hybridized carbons (Fsp3) is 0.533. The highest BCUT2D eigenvalue weighted by atomic mass is 127. The van der Waals surface area contributed by atoms with E-state index in [-0.39, 0.29) is 12.0 Å². The highest BCUT2D eigenvalue weighted by Gasteiger charge is 2.32. The second-order valence-corrected chi connectivity index (χ2v) is 6.60. The van der Waals surface area contributed by atoms with E-state index in [2.05, 4.69) is 32.8 Å². The number of fused-ring (bicyclic) bond motifs is 1. The van der Waals surface area contributed by atoms with Crippen LogP contribution in [0, 0.1) is 3.57 Å². The number of halogens is 1. The molecule has 1 amide bonds. The predicted molar refractivity (Wildman–Crippen MR) is 85.8 cm³/mol. The van der Waals surface area contributed by atoms with Crippen molar-refractivity contribution in [1.82, 2.24) is 10.2 Å². The third kappa shape index (κ3) is 3.15. The SMILES string of the molecule is O=C(NCC1CN2CCCC2CO1)c1ccccc1I. The van der Waals surface area contributed by atoms with Crippen LogP contribution in [0.5, 0.6) is 0 Å². The van der Waals surface area contributed by atoms with Crippen molar-refractivity contribution in [2.75, 3.05) is 26.2 Å². The summed E-state index contributed by atoms with van der Waals surface area (Å²) < 4.78 is 6.83. The molecule has 4 nitrogen and oxygen atoms in total. The number of nitrogens with one attached hydrogen (secondary N) is 1. The van der Waals surface area contributed by atoms with Crippen molar-refractivity contribution in [1.29, 1.82) is 0 Å². The van der Waals surface area contributed by atoms with Gasteiger partial charge in [-0.1, -0.05) is 12.1 Å². The van der Waals surface area contributed by atoms with E-state index < -0.39 is 0 Å². The molecular weight excluding hydrogens is 367 g/mol. The minimum absolute atomic E-state index is 0.0119. The molecule has 2 aliphatic heterocycles. The van der Waals surface area contributed by atoms with Gasteiger partial charge >= 0.3 is 0 Å². The fourth-order valence-electron chi connectivity index (χ4n) is 2.96. The van der Waals surface area contributed by atoms with Crippen LogP contribution < -0.4 is 5.32 Å². The van der Waals surface area contributed by atoms with E-state index in [4.69, 9.17) is 4.74 Å². The highest BCUT2D eigenvalue weighted by Crippen LogP contribution is 2.22. The smallest absolute Gasteiger partial charge is 0.252 e. The van der Waals surface area contributed by atoms with Gasteiger partial charge in [-0.25, -0.2) is 0 Å². The van der Waals surface area contributed by atoms with E-state index in [1.807, 2.05) is 24.3 Å². The molecule has 20 heavy (non-hydrogen) atoms. The average Bonchev–Trinajstić information content (AvgIpc) is 2.92. The maximum Gasteiger partial charge on any atom is 0.252 e. The third-order valence-electron chi connectivity index (χ3n) is 4.07. The van der Waals surface area contributed by atoms with E-state index in [0.29, 0.717) is 12.6 Å². The maximum atomic E-state index is 12.2. The van der Waals surface area contributed by atoms with Gasteiger partial charge in [-0.15, -0.1) is 0 Å². The molecule has 0 spiro atoms. The molecule has 1 N–H and O–H groups in total. The second kappa shape index (κ2) is 6.41. The Kier molecular flexibility index (Phi) is 4.58. The van der Waals surface area contributed by atoms with E-state index in [0.717, 1.165) is 22.3 Å². The molecule has 3 rings (SSSR count). The molecule has 108 valence electrons. The summed E-state index contributed by atoms with van der Waals surface area (Å²) in [5.41, 5.74) is 0.739. The van der Waals surface area contributed by atoms with Crippen molar-refractivity contribution in [3.8, 4) is 0 Å². The number of carbonyl (C=O) groups is 1. The summed E-state index contributed by atoms with van der Waals surface area (Å²) in [5.74, 6) is -0.0119. The molecule has 2 aliphatic rings. The quantitative estimate of drug-likeness (QED) is 0.807. The minimum Gasteiger partial charge on any atom is -0.373 e. The van der Waals surface area contributed by atoms with Gasteiger partial charge in [-0.2, -0.15) is 0 Å². The monoisotopic (exact) mass is 386 g/mol. The van der Waals surface area contributed by atoms with Gasteiger partial charge in [0.05, 0.1) is 18.3 Å². The Hall–Kier alpha value is -0.660. The first-order chi connectivity index (χ1) is 9.74. The lowest BCUT2D eigenvalue weighted by atomic mass is 10.1. The Balaban J connectivity index is 1.52. The Morgan fingerprint density at radius 3 is 3.15 bits per heavy atom. The zero-order valence-electron chi connectivity index (χ0n) is 11.3. The van der Waals surface area contributed by atoms with Crippen molar-refractivity contribution < 1.29 is 9.53 Å². The third-order valence-corrected chi connectivity index (χ3v) is 5.01. The summed E-state index contributed by atoms with van der Waals surface area (Å²) in [5, 5.41) is 2.99. The van der Waals surface area contributed by atoms with Crippen LogP contribution in [0.4, 0.5) is 0 Å². The second-order valence-electron chi connectivity index (χ2n) is 5.44. The fourth-order valence-corrected chi connectivity index (χ4v) is 3.59. The van der Waals surface area contributed by atoms with Gasteiger partial charge in [0, 0.05) is 22.7 Å². The topological polar surface area (TPSA) is 41.6 Å². The first-order valence-electron chi connectivity index (χ1n) is 7.12. The molecule has 0 saturated carbocycles. The Morgan fingerprint density at radius 1 is 1.45 bits per heavy atom. The summed E-state index contributed by atoms with van der Waals surface area (Å²) >= 11 is 2.19. The largest absolute Gasteiger partial charge is 0.373 e. The van der Waals surface area contributed by atoms with Crippen LogP contribution in [-0.2, 0) is 4.74 Å². The van der Waals surface area contributed by atoms with E-state index in [1.165, 1.54) is 19.4 Å². The number of nitrogens with zero attached hydrogens (tertiary/aromatic N) is 1. The zero-order chi connectivity index (χ0) is 13.9. The van der Waals surface area contributed by atoms with Gasteiger partial charge in [0.15, 0.2) is 0 Å². The summed E-state index contributed by atoms with van der Waals surface area (Å²) in [6.45, 7) is 3.52. The van der Waals surface area contributed by atoms with Crippen molar-refractivity contribution in [3.63, 3.8) is 0 Å². The minimum atomic E-state index is -0.0119. The van der Waals surface area contributed by atoms with Crippen LogP contribution in [0.2, 0.25) is 0 Å². The van der Waals surface area contributed by atoms with E-state index >= 15 is 0 Å². The first-order valence-corrected chi connectivity index (χ1v) is 8.20. The predicted octanol–water partition coefficient (Wildman–Crippen LogP) is 1.88. The van der Waals surface area contributed by atoms with Crippen LogP contribution >= 0.6 is 22.6 Å². The molecule has 1 aromatic rings. The highest BCUT2D eigenvalue weighted by molar-refractivity contribution is 14.1. The van der Waals surface area contributed by atoms with Crippen molar-refractivity contribution in [2.45, 2.75) is 25.0 Å². The van der Waals surface area contributed by atoms with Gasteiger partial charge in [0.2, 0.25) is 0 Å². The summed E-state index contributed by atoms with van der Waals surface area (Å²) in [7, 11) is 0. The lowest BCUT2D eigenvalue weighted by molar-refractivity contribution is -0.0461. The average molecular weight is 386 g/mol. The van der Waals surface area contributed by atoms with Crippen molar-refractivity contribution >= 4 is 28.5 Å². The molecule has 2 atom stereocenters. The van der Waals surface area contributed by atoms with Crippen LogP contribution in [0.15, 0.2) is 24.3 Å². The standard InChI is InChI=1S/C15H19IN2O2/c16-14-6-2-1-5-13(14)15(19)17-8-12-9-18-7-3-4-11(18)10-20-12/h1-2,5-6,11-12H,3-4,7-10H2,(H,17,19). The lowest BCUT2D eigenvalue weighted by Gasteiger charge is -2.35. The molecule has 0 bridgehead atoms. The van der Waals surface area contributed by atoms with Gasteiger partial charge in [-0.05, 0) is 54.1 Å². The van der Waals surface area contributed by atoms with Crippen LogP contribution in [-0.4, -0.2) is 49.2 Å². The van der Waals surface area contributed by atoms with Crippen molar-refractivity contribution in [2.24, 2.45) is 0 Å². The van der Waals surface area contributed by atoms with Crippen LogP contribution in [0.3, 0.4) is 0 Å². The Morgan fingerprint density at radius 2 is 2.30 bits per heavy atom. The Labute approximate surface area is 133 Å². The van der Waals surface area contributed by atoms with Gasteiger partial charge in [0.1, 0.15) is 0 Å².